The Balaban J connectivity index is 1.77. The molecule has 8 nitrogen and oxygen atoms in total. The van der Waals surface area contributed by atoms with E-state index in [-0.39, 0.29) is 54.5 Å². The Morgan fingerprint density at radius 1 is 1.20 bits per heavy atom. The van der Waals surface area contributed by atoms with Crippen LogP contribution in [0.3, 0.4) is 0 Å². The topological polar surface area (TPSA) is 137 Å². The quantitative estimate of drug-likeness (QED) is 0.225. The van der Waals surface area contributed by atoms with Crippen LogP contribution in [0.15, 0.2) is 54.1 Å². The van der Waals surface area contributed by atoms with Crippen LogP contribution in [0.25, 0.3) is 0 Å². The monoisotopic (exact) mass is 564 g/mol. The summed E-state index contributed by atoms with van der Waals surface area (Å²) >= 11 is 0. The molecule has 3 amide bonds. The lowest BCUT2D eigenvalue weighted by Crippen LogP contribution is -2.49. The number of nitrogens with zero attached hydrogens (tertiary/aromatic N) is 1. The molecule has 5 N–H and O–H groups in total. The van der Waals surface area contributed by atoms with Gasteiger partial charge in [-0.05, 0) is 92.0 Å². The maximum atomic E-state index is 14.1. The Bertz CT molecular complexity index is 1340. The summed E-state index contributed by atoms with van der Waals surface area (Å²) < 4.78 is 14.1. The van der Waals surface area contributed by atoms with E-state index >= 15 is 0 Å². The van der Waals surface area contributed by atoms with Crippen LogP contribution < -0.4 is 11.1 Å². The number of benzene rings is 2. The van der Waals surface area contributed by atoms with Crippen molar-refractivity contribution in [1.82, 2.24) is 10.2 Å². The number of primary amides is 1. The first-order chi connectivity index (χ1) is 19.3. The molecule has 1 saturated heterocycles. The van der Waals surface area contributed by atoms with E-state index in [4.69, 9.17) is 11.1 Å². The van der Waals surface area contributed by atoms with Crippen LogP contribution in [0, 0.1) is 23.6 Å². The summed E-state index contributed by atoms with van der Waals surface area (Å²) in [5.41, 5.74) is 8.36. The molecule has 2 aromatic carbocycles. The number of carbonyl (C=O) groups excluding carboxylic acids is 3. The van der Waals surface area contributed by atoms with Crippen molar-refractivity contribution in [2.75, 3.05) is 13.2 Å². The van der Waals surface area contributed by atoms with Crippen LogP contribution in [0.2, 0.25) is 0 Å². The third-order valence-corrected chi connectivity index (χ3v) is 7.88. The number of allylic oxidation sites excluding steroid dienone is 1. The molecule has 1 fully saturated rings. The van der Waals surface area contributed by atoms with Gasteiger partial charge in [-0.25, -0.2) is 4.39 Å². The van der Waals surface area contributed by atoms with Gasteiger partial charge in [0.25, 0.3) is 5.91 Å². The van der Waals surface area contributed by atoms with E-state index in [9.17, 15) is 23.9 Å². The number of aliphatic hydroxyl groups is 1. The number of amides is 3. The van der Waals surface area contributed by atoms with E-state index in [1.807, 2.05) is 13.0 Å². The molecular weight excluding hydrogens is 523 g/mol. The summed E-state index contributed by atoms with van der Waals surface area (Å²) in [4.78, 5) is 40.3. The Kier molecular flexibility index (Phi) is 10.6. The van der Waals surface area contributed by atoms with Gasteiger partial charge in [0.15, 0.2) is 0 Å². The zero-order valence-corrected chi connectivity index (χ0v) is 24.3. The molecule has 1 aliphatic rings. The molecule has 3 rings (SSSR count). The van der Waals surface area contributed by atoms with Crippen LogP contribution in [0.5, 0.6) is 0 Å². The van der Waals surface area contributed by atoms with Crippen molar-refractivity contribution in [2.24, 2.45) is 11.1 Å². The molecule has 0 saturated carbocycles. The standard InChI is InChI=1S/C32H41FN4O4/c1-20-15-24(10-9-22(20)17-25(30(35)40)16-21(2)34)31(41)36-19-29(39)37-27(23-7-5-8-26(33)18-23)11-12-28(37)32(3,4)13-6-14-38/h5,7-10,15-16,18,27-28,34,38H,6,11-14,17,19H2,1-4H3,(H2,35,40)(H,36,41)/b25-16-,34-21?/t27-,28+/m0/s1. The molecule has 1 heterocycles. The number of nitrogens with two attached hydrogens (primary N) is 1. The van der Waals surface area contributed by atoms with Gasteiger partial charge in [-0.1, -0.05) is 32.0 Å². The second-order valence-corrected chi connectivity index (χ2v) is 11.5. The SMILES string of the molecule is CC(=N)/C=C(/Cc1ccc(C(=O)NCC(=O)N2[C@H](c3cccc(F)c3)CC[C@@H]2C(C)(C)CCCO)cc1C)C(N)=O. The molecule has 0 radical (unpaired) electrons. The molecule has 2 aromatic rings. The van der Waals surface area contributed by atoms with Crippen LogP contribution in [-0.2, 0) is 16.0 Å². The fourth-order valence-corrected chi connectivity index (χ4v) is 5.73. The minimum atomic E-state index is -0.604. The summed E-state index contributed by atoms with van der Waals surface area (Å²) in [5.74, 6) is -1.63. The molecule has 1 aliphatic heterocycles. The van der Waals surface area contributed by atoms with Crippen molar-refractivity contribution in [3.8, 4) is 0 Å². The molecule has 9 heteroatoms. The van der Waals surface area contributed by atoms with Gasteiger partial charge >= 0.3 is 0 Å². The Hall–Kier alpha value is -3.85. The maximum absolute atomic E-state index is 14.1. The number of halogens is 1. The molecule has 0 aromatic heterocycles. The number of hydrogen-bond donors (Lipinski definition) is 4. The smallest absolute Gasteiger partial charge is 0.251 e. The van der Waals surface area contributed by atoms with Gasteiger partial charge in [-0.3, -0.25) is 14.4 Å². The molecule has 0 bridgehead atoms. The van der Waals surface area contributed by atoms with Crippen LogP contribution in [0.4, 0.5) is 4.39 Å². The Labute approximate surface area is 241 Å². The van der Waals surface area contributed by atoms with Crippen LogP contribution >= 0.6 is 0 Å². The summed E-state index contributed by atoms with van der Waals surface area (Å²) in [6, 6.07) is 10.9. The predicted molar refractivity (Wildman–Crippen MR) is 157 cm³/mol. The summed E-state index contributed by atoms with van der Waals surface area (Å²) in [5, 5.41) is 19.8. The van der Waals surface area contributed by atoms with Gasteiger partial charge in [0, 0.05) is 35.9 Å². The first-order valence-corrected chi connectivity index (χ1v) is 13.9. The zero-order chi connectivity index (χ0) is 30.3. The van der Waals surface area contributed by atoms with Gasteiger partial charge in [0.2, 0.25) is 11.8 Å². The Morgan fingerprint density at radius 3 is 2.54 bits per heavy atom. The fraction of sp³-hybridized carbons (Fsp3) is 0.438. The van der Waals surface area contributed by atoms with E-state index in [0.29, 0.717) is 24.0 Å². The van der Waals surface area contributed by atoms with Gasteiger partial charge in [0.05, 0.1) is 12.6 Å². The van der Waals surface area contributed by atoms with E-state index in [1.165, 1.54) is 18.2 Å². The second kappa shape index (κ2) is 13.7. The molecule has 41 heavy (non-hydrogen) atoms. The number of aliphatic hydroxyl groups excluding tert-OH is 1. The lowest BCUT2D eigenvalue weighted by molar-refractivity contribution is -0.135. The highest BCUT2D eigenvalue weighted by Crippen LogP contribution is 2.45. The van der Waals surface area contributed by atoms with Crippen molar-refractivity contribution in [1.29, 1.82) is 5.41 Å². The number of rotatable bonds is 12. The van der Waals surface area contributed by atoms with Crippen molar-refractivity contribution in [3.05, 3.63) is 82.2 Å². The van der Waals surface area contributed by atoms with Crippen LogP contribution in [-0.4, -0.2) is 52.6 Å². The highest BCUT2D eigenvalue weighted by molar-refractivity contribution is 6.01. The normalized spacial score (nSPS) is 17.4. The first kappa shape index (κ1) is 31.7. The van der Waals surface area contributed by atoms with Crippen molar-refractivity contribution in [3.63, 3.8) is 0 Å². The van der Waals surface area contributed by atoms with E-state index in [1.54, 1.807) is 36.1 Å². The molecular formula is C32H41FN4O4. The molecule has 0 unspecified atom stereocenters. The van der Waals surface area contributed by atoms with Gasteiger partial charge < -0.3 is 26.5 Å². The van der Waals surface area contributed by atoms with Crippen molar-refractivity contribution < 1.29 is 23.9 Å². The average molecular weight is 565 g/mol. The van der Waals surface area contributed by atoms with Crippen LogP contribution in [0.1, 0.15) is 79.5 Å². The molecule has 0 spiro atoms. The van der Waals surface area contributed by atoms with E-state index < -0.39 is 11.8 Å². The first-order valence-electron chi connectivity index (χ1n) is 13.9. The number of aryl methyl sites for hydroxylation is 1. The highest BCUT2D eigenvalue weighted by Gasteiger charge is 2.44. The van der Waals surface area contributed by atoms with Gasteiger partial charge in [-0.15, -0.1) is 0 Å². The van der Waals surface area contributed by atoms with Gasteiger partial charge in [-0.2, -0.15) is 0 Å². The minimum Gasteiger partial charge on any atom is -0.396 e. The third-order valence-electron chi connectivity index (χ3n) is 7.88. The number of carbonyl (C=O) groups is 3. The minimum absolute atomic E-state index is 0.0636. The second-order valence-electron chi connectivity index (χ2n) is 11.5. The number of nitrogens with one attached hydrogen (secondary N) is 2. The lowest BCUT2D eigenvalue weighted by Gasteiger charge is -2.40. The molecule has 220 valence electrons. The van der Waals surface area contributed by atoms with E-state index in [2.05, 4.69) is 19.2 Å². The maximum Gasteiger partial charge on any atom is 0.251 e. The lowest BCUT2D eigenvalue weighted by atomic mass is 9.79. The average Bonchev–Trinajstić information content (AvgIpc) is 3.37. The summed E-state index contributed by atoms with van der Waals surface area (Å²) in [6.45, 7) is 7.38. The molecule has 0 aliphatic carbocycles. The largest absolute Gasteiger partial charge is 0.396 e. The number of likely N-dealkylation sites (tertiary alicyclic amines) is 1. The molecule has 2 atom stereocenters. The van der Waals surface area contributed by atoms with Crippen molar-refractivity contribution >= 4 is 23.4 Å². The van der Waals surface area contributed by atoms with Gasteiger partial charge in [0.1, 0.15) is 5.82 Å². The van der Waals surface area contributed by atoms with Crippen molar-refractivity contribution in [2.45, 2.75) is 71.9 Å². The Morgan fingerprint density at radius 2 is 1.93 bits per heavy atom. The van der Waals surface area contributed by atoms with E-state index in [0.717, 1.165) is 29.5 Å². The zero-order valence-electron chi connectivity index (χ0n) is 24.3. The highest BCUT2D eigenvalue weighted by atomic mass is 19.1. The predicted octanol–water partition coefficient (Wildman–Crippen LogP) is 4.39. The number of hydrogen-bond acceptors (Lipinski definition) is 5. The summed E-state index contributed by atoms with van der Waals surface area (Å²) in [6.07, 6.45) is 4.41. The summed E-state index contributed by atoms with van der Waals surface area (Å²) in [7, 11) is 0. The third kappa shape index (κ3) is 8.10. The fourth-order valence-electron chi connectivity index (χ4n) is 5.73.